The Bertz CT molecular complexity index is 2030. The van der Waals surface area contributed by atoms with Gasteiger partial charge in [0.15, 0.2) is 0 Å². The standard InChI is InChI=1S/C38H36N4O5S2/c1-2-47-38(46)34-29-17-7-4-8-19-32(29)49-37(34)42-33(43)23-48-27-15-11-14-26(21-27)40-36(45)31(41-35(44)24-12-5-3-6-13-24)20-25-22-39-30-18-10-9-16-28(25)30/h3,5-6,9-16,18,20-22,39H,2,4,7-8,17,19,23H2,1H3,(H,40,45)(H,41,44)(H,42,43)/b31-20-. The fourth-order valence-corrected chi connectivity index (χ4v) is 7.78. The zero-order chi connectivity index (χ0) is 34.2. The summed E-state index contributed by atoms with van der Waals surface area (Å²) in [6.07, 6.45) is 8.31. The topological polar surface area (TPSA) is 129 Å². The molecule has 0 saturated heterocycles. The summed E-state index contributed by atoms with van der Waals surface area (Å²) in [6.45, 7) is 2.04. The number of H-pyrrole nitrogens is 1. The molecule has 1 aliphatic rings. The number of ether oxygens (including phenoxy) is 1. The van der Waals surface area contributed by atoms with Crippen LogP contribution in [0.25, 0.3) is 17.0 Å². The number of carbonyl (C=O) groups excluding carboxylic acids is 4. The van der Waals surface area contributed by atoms with E-state index in [1.807, 2.05) is 36.4 Å². The molecule has 5 aromatic rings. The van der Waals surface area contributed by atoms with Crippen molar-refractivity contribution in [3.05, 3.63) is 118 Å². The van der Waals surface area contributed by atoms with Crippen LogP contribution in [0.5, 0.6) is 0 Å². The predicted molar refractivity (Wildman–Crippen MR) is 196 cm³/mol. The summed E-state index contributed by atoms with van der Waals surface area (Å²) >= 11 is 2.78. The lowest BCUT2D eigenvalue weighted by Gasteiger charge is -2.12. The number of carbonyl (C=O) groups is 4. The number of hydrogen-bond acceptors (Lipinski definition) is 7. The van der Waals surface area contributed by atoms with Gasteiger partial charge in [0.1, 0.15) is 10.7 Å². The first kappa shape index (κ1) is 33.8. The van der Waals surface area contributed by atoms with E-state index in [9.17, 15) is 19.2 Å². The van der Waals surface area contributed by atoms with Crippen molar-refractivity contribution >= 4 is 74.5 Å². The minimum absolute atomic E-state index is 0.0720. The van der Waals surface area contributed by atoms with Crippen molar-refractivity contribution in [2.24, 2.45) is 0 Å². The quantitative estimate of drug-likeness (QED) is 0.0484. The average Bonchev–Trinajstić information content (AvgIpc) is 3.59. The summed E-state index contributed by atoms with van der Waals surface area (Å²) < 4.78 is 5.35. The maximum atomic E-state index is 13.6. The number of esters is 1. The van der Waals surface area contributed by atoms with Crippen molar-refractivity contribution < 1.29 is 23.9 Å². The molecular formula is C38H36N4O5S2. The van der Waals surface area contributed by atoms with Crippen LogP contribution in [-0.4, -0.2) is 41.0 Å². The maximum absolute atomic E-state index is 13.6. The van der Waals surface area contributed by atoms with Gasteiger partial charge in [0.05, 0.1) is 17.9 Å². The zero-order valence-corrected chi connectivity index (χ0v) is 28.6. The first-order chi connectivity index (χ1) is 23.9. The van der Waals surface area contributed by atoms with E-state index in [2.05, 4.69) is 20.9 Å². The van der Waals surface area contributed by atoms with Gasteiger partial charge in [0.2, 0.25) is 5.91 Å². The third-order valence-electron chi connectivity index (χ3n) is 8.07. The highest BCUT2D eigenvalue weighted by atomic mass is 32.2. The van der Waals surface area contributed by atoms with E-state index in [0.29, 0.717) is 21.8 Å². The second kappa shape index (κ2) is 15.8. The van der Waals surface area contributed by atoms with Crippen LogP contribution in [0.1, 0.15) is 62.9 Å². The number of anilines is 2. The van der Waals surface area contributed by atoms with Crippen LogP contribution in [0.4, 0.5) is 10.7 Å². The van der Waals surface area contributed by atoms with Gasteiger partial charge in [-0.25, -0.2) is 4.79 Å². The zero-order valence-electron chi connectivity index (χ0n) is 27.0. The molecule has 0 saturated carbocycles. The lowest BCUT2D eigenvalue weighted by Crippen LogP contribution is -2.30. The molecule has 0 radical (unpaired) electrons. The average molecular weight is 693 g/mol. The molecule has 0 aliphatic heterocycles. The Balaban J connectivity index is 1.15. The fourth-order valence-electron chi connectivity index (χ4n) is 5.73. The largest absolute Gasteiger partial charge is 0.462 e. The molecule has 0 fully saturated rings. The van der Waals surface area contributed by atoms with Gasteiger partial charge in [0.25, 0.3) is 11.8 Å². The Labute approximate surface area is 292 Å². The van der Waals surface area contributed by atoms with Crippen LogP contribution in [-0.2, 0) is 27.2 Å². The van der Waals surface area contributed by atoms with E-state index in [1.54, 1.807) is 61.7 Å². The Morgan fingerprint density at radius 3 is 2.55 bits per heavy atom. The summed E-state index contributed by atoms with van der Waals surface area (Å²) in [7, 11) is 0. The van der Waals surface area contributed by atoms with Gasteiger partial charge in [-0.05, 0) is 80.6 Å². The summed E-state index contributed by atoms with van der Waals surface area (Å²) in [5.74, 6) is -1.45. The molecule has 9 nitrogen and oxygen atoms in total. The van der Waals surface area contributed by atoms with Gasteiger partial charge in [-0.2, -0.15) is 0 Å². The van der Waals surface area contributed by atoms with E-state index in [4.69, 9.17) is 4.74 Å². The molecule has 3 amide bonds. The summed E-state index contributed by atoms with van der Waals surface area (Å²) in [5, 5.41) is 10.1. The number of thiophene rings is 1. The van der Waals surface area contributed by atoms with E-state index in [0.717, 1.165) is 63.9 Å². The molecule has 0 atom stereocenters. The molecule has 1 aliphatic carbocycles. The molecule has 49 heavy (non-hydrogen) atoms. The van der Waals surface area contributed by atoms with Crippen LogP contribution in [0.15, 0.2) is 95.7 Å². The number of para-hydroxylation sites is 1. The van der Waals surface area contributed by atoms with Gasteiger partial charge in [-0.1, -0.05) is 48.9 Å². The summed E-state index contributed by atoms with van der Waals surface area (Å²) in [4.78, 5) is 57.8. The highest BCUT2D eigenvalue weighted by Crippen LogP contribution is 2.38. The first-order valence-electron chi connectivity index (χ1n) is 16.2. The second-order valence-electron chi connectivity index (χ2n) is 11.5. The van der Waals surface area contributed by atoms with Gasteiger partial charge in [0, 0.05) is 43.7 Å². The molecule has 0 unspecified atom stereocenters. The van der Waals surface area contributed by atoms with Crippen LogP contribution in [0, 0.1) is 0 Å². The van der Waals surface area contributed by atoms with Gasteiger partial charge in [-0.15, -0.1) is 23.1 Å². The number of nitrogens with one attached hydrogen (secondary N) is 4. The minimum Gasteiger partial charge on any atom is -0.462 e. The van der Waals surface area contributed by atoms with E-state index in [1.165, 1.54) is 23.1 Å². The number of fused-ring (bicyclic) bond motifs is 2. The SMILES string of the molecule is CCOC(=O)c1c(NC(=O)CSc2cccc(NC(=O)/C(=C/c3c[nH]c4ccccc34)NC(=O)c3ccccc3)c2)sc2c1CCCCC2. The Hall–Kier alpha value is -5.13. The third-order valence-corrected chi connectivity index (χ3v) is 10.3. The Morgan fingerprint density at radius 2 is 1.71 bits per heavy atom. The number of benzene rings is 3. The molecule has 0 bridgehead atoms. The van der Waals surface area contributed by atoms with Crippen molar-refractivity contribution in [2.75, 3.05) is 23.0 Å². The minimum atomic E-state index is -0.501. The Morgan fingerprint density at radius 1 is 0.918 bits per heavy atom. The van der Waals surface area contributed by atoms with Crippen molar-refractivity contribution in [2.45, 2.75) is 43.9 Å². The highest BCUT2D eigenvalue weighted by molar-refractivity contribution is 8.00. The Kier molecular flexibility index (Phi) is 10.9. The predicted octanol–water partition coefficient (Wildman–Crippen LogP) is 7.82. The fraction of sp³-hybridized carbons (Fsp3) is 0.211. The molecular weight excluding hydrogens is 657 g/mol. The molecule has 11 heteroatoms. The van der Waals surface area contributed by atoms with Crippen LogP contribution in [0.2, 0.25) is 0 Å². The number of thioether (sulfide) groups is 1. The van der Waals surface area contributed by atoms with Crippen LogP contribution in [0.3, 0.4) is 0 Å². The number of aryl methyl sites for hydroxylation is 1. The normalized spacial score (nSPS) is 12.9. The number of aromatic amines is 1. The number of amides is 3. The van der Waals surface area contributed by atoms with Gasteiger partial charge in [-0.3, -0.25) is 14.4 Å². The van der Waals surface area contributed by atoms with Crippen LogP contribution < -0.4 is 16.0 Å². The number of hydrogen-bond donors (Lipinski definition) is 4. The highest BCUT2D eigenvalue weighted by Gasteiger charge is 2.26. The van der Waals surface area contributed by atoms with Crippen molar-refractivity contribution in [3.8, 4) is 0 Å². The molecule has 0 spiro atoms. The lowest BCUT2D eigenvalue weighted by molar-refractivity contribution is -0.114. The van der Waals surface area contributed by atoms with Crippen molar-refractivity contribution in [1.82, 2.24) is 10.3 Å². The van der Waals surface area contributed by atoms with Gasteiger partial charge >= 0.3 is 5.97 Å². The smallest absolute Gasteiger partial charge is 0.341 e. The number of rotatable bonds is 11. The van der Waals surface area contributed by atoms with Crippen LogP contribution >= 0.6 is 23.1 Å². The molecule has 2 aromatic heterocycles. The first-order valence-corrected chi connectivity index (χ1v) is 18.0. The number of aromatic nitrogens is 1. The van der Waals surface area contributed by atoms with E-state index in [-0.39, 0.29) is 24.0 Å². The van der Waals surface area contributed by atoms with Crippen molar-refractivity contribution in [3.63, 3.8) is 0 Å². The summed E-state index contributed by atoms with van der Waals surface area (Å²) in [5.41, 5.74) is 4.14. The monoisotopic (exact) mass is 692 g/mol. The maximum Gasteiger partial charge on any atom is 0.341 e. The van der Waals surface area contributed by atoms with E-state index < -0.39 is 17.8 Å². The molecule has 2 heterocycles. The molecule has 3 aromatic carbocycles. The van der Waals surface area contributed by atoms with Crippen molar-refractivity contribution in [1.29, 1.82) is 0 Å². The molecule has 250 valence electrons. The lowest BCUT2D eigenvalue weighted by atomic mass is 10.1. The van der Waals surface area contributed by atoms with E-state index >= 15 is 0 Å². The van der Waals surface area contributed by atoms with Gasteiger partial charge < -0.3 is 25.7 Å². The summed E-state index contributed by atoms with van der Waals surface area (Å²) in [6, 6.07) is 23.6. The second-order valence-corrected chi connectivity index (χ2v) is 13.6. The molecule has 6 rings (SSSR count). The molecule has 4 N–H and O–H groups in total. The third kappa shape index (κ3) is 8.30.